The van der Waals surface area contributed by atoms with E-state index in [1.165, 1.54) is 11.1 Å². The number of fused-ring (bicyclic) bond motifs is 1. The van der Waals surface area contributed by atoms with Crippen molar-refractivity contribution in [3.63, 3.8) is 0 Å². The van der Waals surface area contributed by atoms with Gasteiger partial charge in [-0.3, -0.25) is 4.79 Å². The molecular weight excluding hydrogens is 460 g/mol. The summed E-state index contributed by atoms with van der Waals surface area (Å²) in [5, 5.41) is 3.26. The van der Waals surface area contributed by atoms with Gasteiger partial charge in [-0.05, 0) is 78.3 Å². The Balaban J connectivity index is 1.45. The lowest BCUT2D eigenvalue weighted by Gasteiger charge is -2.11. The van der Waals surface area contributed by atoms with E-state index in [1.807, 2.05) is 36.4 Å². The second-order valence-electron chi connectivity index (χ2n) is 8.97. The molecule has 4 aromatic rings. The zero-order valence-corrected chi connectivity index (χ0v) is 21.4. The molecule has 0 radical (unpaired) electrons. The summed E-state index contributed by atoms with van der Waals surface area (Å²) in [6, 6.07) is 19.3. The zero-order valence-electron chi connectivity index (χ0n) is 20.6. The Morgan fingerprint density at radius 1 is 0.971 bits per heavy atom. The first kappa shape index (κ1) is 24.8. The van der Waals surface area contributed by atoms with Crippen molar-refractivity contribution in [2.45, 2.75) is 52.4 Å². The molecule has 182 valence electrons. The van der Waals surface area contributed by atoms with Crippen LogP contribution < -0.4 is 10.1 Å². The van der Waals surface area contributed by atoms with E-state index in [4.69, 9.17) is 20.8 Å². The number of aromatic nitrogens is 1. The maximum atomic E-state index is 12.5. The smallest absolute Gasteiger partial charge is 0.262 e. The predicted octanol–water partition coefficient (Wildman–Crippen LogP) is 8.19. The van der Waals surface area contributed by atoms with Crippen LogP contribution in [-0.2, 0) is 4.79 Å². The highest BCUT2D eigenvalue weighted by atomic mass is 35.5. The Morgan fingerprint density at radius 3 is 2.37 bits per heavy atom. The van der Waals surface area contributed by atoms with Crippen LogP contribution in [0, 0.1) is 0 Å². The zero-order chi connectivity index (χ0) is 24.9. The number of anilines is 1. The van der Waals surface area contributed by atoms with Crippen molar-refractivity contribution >= 4 is 34.3 Å². The molecule has 0 saturated heterocycles. The van der Waals surface area contributed by atoms with E-state index >= 15 is 0 Å². The molecule has 0 aliphatic carbocycles. The summed E-state index contributed by atoms with van der Waals surface area (Å²) in [5.74, 6) is 1.77. The minimum atomic E-state index is -0.300. The quantitative estimate of drug-likeness (QED) is 0.257. The van der Waals surface area contributed by atoms with Crippen LogP contribution in [0.4, 0.5) is 5.69 Å². The highest BCUT2D eigenvalue weighted by molar-refractivity contribution is 6.33. The van der Waals surface area contributed by atoms with Crippen molar-refractivity contribution < 1.29 is 13.9 Å². The number of halogens is 1. The molecule has 5 nitrogen and oxygen atoms in total. The lowest BCUT2D eigenvalue weighted by Crippen LogP contribution is -2.20. The highest BCUT2D eigenvalue weighted by Crippen LogP contribution is 2.32. The standard InChI is InChI=1S/C29H31ClN2O3/c1-5-18(3)20-7-11-23(12-8-20)34-17-28(33)31-25-16-22(9-13-24(25)30)29-32-26-15-21(19(4)6-2)10-14-27(26)35-29/h7-16,18-19H,5-6,17H2,1-4H3,(H,31,33)/t18-,19+/m1/s1. The van der Waals surface area contributed by atoms with E-state index in [9.17, 15) is 4.79 Å². The molecule has 1 amide bonds. The van der Waals surface area contributed by atoms with Crippen molar-refractivity contribution in [2.24, 2.45) is 0 Å². The molecule has 1 heterocycles. The van der Waals surface area contributed by atoms with Gasteiger partial charge < -0.3 is 14.5 Å². The number of carbonyl (C=O) groups excluding carboxylic acids is 1. The van der Waals surface area contributed by atoms with Crippen LogP contribution in [0.25, 0.3) is 22.6 Å². The van der Waals surface area contributed by atoms with Crippen molar-refractivity contribution in [3.05, 3.63) is 76.8 Å². The summed E-state index contributed by atoms with van der Waals surface area (Å²) in [7, 11) is 0. The van der Waals surface area contributed by atoms with Crippen LogP contribution in [0.3, 0.4) is 0 Å². The average Bonchev–Trinajstić information content (AvgIpc) is 3.31. The number of benzene rings is 3. The molecule has 2 atom stereocenters. The number of amides is 1. The summed E-state index contributed by atoms with van der Waals surface area (Å²) in [5.41, 5.74) is 5.23. The number of hydrogen-bond acceptors (Lipinski definition) is 4. The van der Waals surface area contributed by atoms with Crippen LogP contribution in [-0.4, -0.2) is 17.5 Å². The molecule has 0 spiro atoms. The number of ether oxygens (including phenoxy) is 1. The molecule has 0 unspecified atom stereocenters. The fourth-order valence-electron chi connectivity index (χ4n) is 3.83. The number of carbonyl (C=O) groups is 1. The van der Waals surface area contributed by atoms with Crippen molar-refractivity contribution in [2.75, 3.05) is 11.9 Å². The van der Waals surface area contributed by atoms with Crippen molar-refractivity contribution in [3.8, 4) is 17.2 Å². The molecule has 3 aromatic carbocycles. The predicted molar refractivity (Wildman–Crippen MR) is 142 cm³/mol. The second kappa shape index (κ2) is 11.0. The van der Waals surface area contributed by atoms with Gasteiger partial charge in [-0.15, -0.1) is 0 Å². The number of oxazole rings is 1. The Morgan fingerprint density at radius 2 is 1.66 bits per heavy atom. The molecule has 0 fully saturated rings. The minimum Gasteiger partial charge on any atom is -0.484 e. The molecule has 0 saturated carbocycles. The van der Waals surface area contributed by atoms with Gasteiger partial charge in [0.15, 0.2) is 12.2 Å². The van der Waals surface area contributed by atoms with Gasteiger partial charge in [0.05, 0.1) is 10.7 Å². The minimum absolute atomic E-state index is 0.121. The van der Waals surface area contributed by atoms with Gasteiger partial charge in [-0.2, -0.15) is 0 Å². The fourth-order valence-corrected chi connectivity index (χ4v) is 3.99. The van der Waals surface area contributed by atoms with Crippen LogP contribution in [0.5, 0.6) is 5.75 Å². The molecular formula is C29H31ClN2O3. The van der Waals surface area contributed by atoms with Gasteiger partial charge in [-0.25, -0.2) is 4.98 Å². The molecule has 0 aliphatic rings. The van der Waals surface area contributed by atoms with E-state index in [0.29, 0.717) is 34.2 Å². The largest absolute Gasteiger partial charge is 0.484 e. The average molecular weight is 491 g/mol. The third-order valence-corrected chi connectivity index (χ3v) is 6.84. The van der Waals surface area contributed by atoms with Crippen LogP contribution in [0.1, 0.15) is 63.5 Å². The summed E-state index contributed by atoms with van der Waals surface area (Å²) in [4.78, 5) is 17.2. The fraction of sp³-hybridized carbons (Fsp3) is 0.310. The normalized spacial score (nSPS) is 12.9. The van der Waals surface area contributed by atoms with Crippen LogP contribution >= 0.6 is 11.6 Å². The molecule has 35 heavy (non-hydrogen) atoms. The second-order valence-corrected chi connectivity index (χ2v) is 9.37. The van der Waals surface area contributed by atoms with E-state index in [0.717, 1.165) is 29.5 Å². The first-order valence-corrected chi connectivity index (χ1v) is 12.5. The Bertz CT molecular complexity index is 1310. The first-order valence-electron chi connectivity index (χ1n) is 12.1. The molecule has 1 aromatic heterocycles. The number of nitrogens with one attached hydrogen (secondary N) is 1. The molecule has 0 bridgehead atoms. The molecule has 4 rings (SSSR count). The summed E-state index contributed by atoms with van der Waals surface area (Å²) < 4.78 is 11.6. The van der Waals surface area contributed by atoms with Gasteiger partial charge in [0.1, 0.15) is 11.3 Å². The van der Waals surface area contributed by atoms with Crippen molar-refractivity contribution in [1.29, 1.82) is 0 Å². The van der Waals surface area contributed by atoms with E-state index in [-0.39, 0.29) is 12.5 Å². The number of rotatable bonds is 9. The lowest BCUT2D eigenvalue weighted by molar-refractivity contribution is -0.118. The maximum Gasteiger partial charge on any atom is 0.262 e. The summed E-state index contributed by atoms with van der Waals surface area (Å²) in [6.45, 7) is 8.59. The van der Waals surface area contributed by atoms with E-state index in [1.54, 1.807) is 12.1 Å². The SMILES string of the molecule is CC[C@@H](C)c1ccc(OCC(=O)Nc2cc(-c3nc4cc([C@@H](C)CC)ccc4o3)ccc2Cl)cc1. The summed E-state index contributed by atoms with van der Waals surface area (Å²) >= 11 is 6.35. The summed E-state index contributed by atoms with van der Waals surface area (Å²) in [6.07, 6.45) is 2.13. The molecule has 1 N–H and O–H groups in total. The lowest BCUT2D eigenvalue weighted by atomic mass is 9.98. The number of nitrogens with zero attached hydrogens (tertiary/aromatic N) is 1. The van der Waals surface area contributed by atoms with Gasteiger partial charge in [-0.1, -0.05) is 57.5 Å². The Labute approximate surface area is 211 Å². The maximum absolute atomic E-state index is 12.5. The Kier molecular flexibility index (Phi) is 7.76. The van der Waals surface area contributed by atoms with Crippen LogP contribution in [0.2, 0.25) is 5.02 Å². The third-order valence-electron chi connectivity index (χ3n) is 6.51. The Hall–Kier alpha value is -3.31. The number of hydrogen-bond donors (Lipinski definition) is 1. The van der Waals surface area contributed by atoms with Gasteiger partial charge in [0, 0.05) is 5.56 Å². The van der Waals surface area contributed by atoms with Gasteiger partial charge in [0.2, 0.25) is 5.89 Å². The van der Waals surface area contributed by atoms with Gasteiger partial charge in [0.25, 0.3) is 5.91 Å². The van der Waals surface area contributed by atoms with Crippen LogP contribution in [0.15, 0.2) is 65.1 Å². The van der Waals surface area contributed by atoms with Crippen molar-refractivity contribution in [1.82, 2.24) is 4.98 Å². The van der Waals surface area contributed by atoms with E-state index in [2.05, 4.69) is 50.1 Å². The highest BCUT2D eigenvalue weighted by Gasteiger charge is 2.14. The first-order chi connectivity index (χ1) is 16.9. The molecule has 6 heteroatoms. The monoisotopic (exact) mass is 490 g/mol. The van der Waals surface area contributed by atoms with E-state index < -0.39 is 0 Å². The topological polar surface area (TPSA) is 64.4 Å². The third kappa shape index (κ3) is 5.85. The molecule has 0 aliphatic heterocycles. The van der Waals surface area contributed by atoms with Gasteiger partial charge >= 0.3 is 0 Å².